The van der Waals surface area contributed by atoms with Gasteiger partial charge in [0, 0.05) is 31.9 Å². The zero-order valence-electron chi connectivity index (χ0n) is 16.0. The molecule has 1 heterocycles. The number of hydrogen-bond acceptors (Lipinski definition) is 6. The number of non-ortho nitro benzene ring substituents is 1. The van der Waals surface area contributed by atoms with E-state index in [-0.39, 0.29) is 46.8 Å². The Bertz CT molecular complexity index is 1060. The lowest BCUT2D eigenvalue weighted by molar-refractivity contribution is -0.384. The molecule has 0 atom stereocenters. The number of carbonyl (C=O) groups excluding carboxylic acids is 3. The van der Waals surface area contributed by atoms with Gasteiger partial charge in [0.2, 0.25) is 5.91 Å². The average Bonchev–Trinajstić information content (AvgIpc) is 2.69. The summed E-state index contributed by atoms with van der Waals surface area (Å²) in [5.74, 6) is -1.08. The van der Waals surface area contributed by atoms with Gasteiger partial charge >= 0.3 is 0 Å². The van der Waals surface area contributed by atoms with Crippen molar-refractivity contribution < 1.29 is 24.0 Å². The Labute approximate surface area is 176 Å². The molecule has 0 unspecified atom stereocenters. The molecule has 2 aromatic rings. The quantitative estimate of drug-likeness (QED) is 0.571. The van der Waals surface area contributed by atoms with Crippen LogP contribution in [0.25, 0.3) is 0 Å². The van der Waals surface area contributed by atoms with Gasteiger partial charge in [0.25, 0.3) is 17.5 Å². The van der Waals surface area contributed by atoms with Crippen molar-refractivity contribution in [3.05, 3.63) is 57.1 Å². The molecule has 3 amide bonds. The van der Waals surface area contributed by atoms with Gasteiger partial charge in [-0.25, -0.2) is 0 Å². The van der Waals surface area contributed by atoms with Gasteiger partial charge in [-0.1, -0.05) is 11.6 Å². The highest BCUT2D eigenvalue weighted by Gasteiger charge is 2.29. The number of rotatable bonds is 5. The van der Waals surface area contributed by atoms with Crippen LogP contribution in [0.4, 0.5) is 17.1 Å². The summed E-state index contributed by atoms with van der Waals surface area (Å²) >= 11 is 6.14. The summed E-state index contributed by atoms with van der Waals surface area (Å²) in [5.41, 5.74) is 0.524. The van der Waals surface area contributed by atoms with Gasteiger partial charge in [-0.2, -0.15) is 0 Å². The Morgan fingerprint density at radius 1 is 1.27 bits per heavy atom. The van der Waals surface area contributed by atoms with Gasteiger partial charge in [0.05, 0.1) is 21.2 Å². The Balaban J connectivity index is 1.78. The molecule has 2 aromatic carbocycles. The Morgan fingerprint density at radius 3 is 2.63 bits per heavy atom. The van der Waals surface area contributed by atoms with Crippen molar-refractivity contribution in [2.24, 2.45) is 0 Å². The van der Waals surface area contributed by atoms with Gasteiger partial charge in [-0.05, 0) is 24.3 Å². The van der Waals surface area contributed by atoms with E-state index in [1.54, 1.807) is 14.1 Å². The van der Waals surface area contributed by atoms with Crippen molar-refractivity contribution in [1.29, 1.82) is 0 Å². The van der Waals surface area contributed by atoms with E-state index in [4.69, 9.17) is 16.3 Å². The molecule has 0 fully saturated rings. The summed E-state index contributed by atoms with van der Waals surface area (Å²) in [6.45, 7) is -0.669. The molecular weight excluding hydrogens is 416 g/mol. The van der Waals surface area contributed by atoms with E-state index in [0.29, 0.717) is 5.69 Å². The van der Waals surface area contributed by atoms with Crippen molar-refractivity contribution >= 4 is 46.4 Å². The van der Waals surface area contributed by atoms with E-state index < -0.39 is 16.7 Å². The molecule has 0 aliphatic carbocycles. The molecule has 1 aliphatic heterocycles. The third-order valence-electron chi connectivity index (χ3n) is 4.29. The Morgan fingerprint density at radius 2 is 2.00 bits per heavy atom. The monoisotopic (exact) mass is 432 g/mol. The van der Waals surface area contributed by atoms with E-state index in [1.807, 2.05) is 0 Å². The Hall–Kier alpha value is -3.66. The van der Waals surface area contributed by atoms with Crippen LogP contribution in [0.3, 0.4) is 0 Å². The highest BCUT2D eigenvalue weighted by atomic mass is 35.5. The van der Waals surface area contributed by atoms with Crippen LogP contribution < -0.4 is 15.0 Å². The minimum Gasteiger partial charge on any atom is -0.482 e. The predicted octanol–water partition coefficient (Wildman–Crippen LogP) is 2.31. The van der Waals surface area contributed by atoms with E-state index in [0.717, 1.165) is 4.90 Å². The fourth-order valence-corrected chi connectivity index (χ4v) is 3.09. The van der Waals surface area contributed by atoms with Crippen LogP contribution >= 0.6 is 11.6 Å². The second-order valence-corrected chi connectivity index (χ2v) is 7.03. The lowest BCUT2D eigenvalue weighted by atomic mass is 10.1. The normalized spacial score (nSPS) is 12.6. The number of fused-ring (bicyclic) bond motifs is 1. The smallest absolute Gasteiger partial charge is 0.271 e. The van der Waals surface area contributed by atoms with Crippen LogP contribution in [0.2, 0.25) is 5.02 Å². The van der Waals surface area contributed by atoms with E-state index in [2.05, 4.69) is 5.32 Å². The number of nitro groups is 1. The Kier molecular flexibility index (Phi) is 5.88. The molecule has 0 saturated heterocycles. The van der Waals surface area contributed by atoms with Crippen molar-refractivity contribution in [3.63, 3.8) is 0 Å². The van der Waals surface area contributed by atoms with Gasteiger partial charge in [-0.15, -0.1) is 0 Å². The maximum atomic E-state index is 12.5. The number of amides is 3. The molecule has 0 aromatic heterocycles. The highest BCUT2D eigenvalue weighted by Crippen LogP contribution is 2.35. The largest absolute Gasteiger partial charge is 0.482 e. The highest BCUT2D eigenvalue weighted by molar-refractivity contribution is 6.34. The van der Waals surface area contributed by atoms with E-state index in [1.165, 1.54) is 41.3 Å². The minimum absolute atomic E-state index is 0.139. The maximum Gasteiger partial charge on any atom is 0.271 e. The van der Waals surface area contributed by atoms with Gasteiger partial charge in [0.15, 0.2) is 6.61 Å². The molecule has 156 valence electrons. The predicted molar refractivity (Wildman–Crippen MR) is 109 cm³/mol. The van der Waals surface area contributed by atoms with Gasteiger partial charge < -0.3 is 15.0 Å². The zero-order chi connectivity index (χ0) is 22.0. The second-order valence-electron chi connectivity index (χ2n) is 6.62. The number of nitro benzene ring substituents is 1. The van der Waals surface area contributed by atoms with Gasteiger partial charge in [-0.3, -0.25) is 29.4 Å². The first-order chi connectivity index (χ1) is 14.2. The molecular formula is C19H17ClN4O6. The summed E-state index contributed by atoms with van der Waals surface area (Å²) in [6.07, 6.45) is 0. The molecule has 1 N–H and O–H groups in total. The molecule has 0 bridgehead atoms. The van der Waals surface area contributed by atoms with Crippen LogP contribution in [0.1, 0.15) is 10.4 Å². The van der Waals surface area contributed by atoms with Crippen molar-refractivity contribution in [2.75, 3.05) is 37.5 Å². The third-order valence-corrected chi connectivity index (χ3v) is 4.60. The first kappa shape index (κ1) is 21.1. The summed E-state index contributed by atoms with van der Waals surface area (Å²) < 4.78 is 5.27. The number of benzene rings is 2. The lowest BCUT2D eigenvalue weighted by Crippen LogP contribution is -2.43. The van der Waals surface area contributed by atoms with Crippen LogP contribution in [-0.2, 0) is 9.59 Å². The summed E-state index contributed by atoms with van der Waals surface area (Å²) in [4.78, 5) is 49.7. The molecule has 11 heteroatoms. The molecule has 0 spiro atoms. The number of nitrogens with one attached hydrogen (secondary N) is 1. The fourth-order valence-electron chi connectivity index (χ4n) is 2.83. The molecule has 30 heavy (non-hydrogen) atoms. The third kappa shape index (κ3) is 4.33. The zero-order valence-corrected chi connectivity index (χ0v) is 16.8. The standard InChI is InChI=1S/C19H17ClN4O6/c1-22(2)19(27)13-5-3-11(7-14(13)20)21-17(25)9-23-15-8-12(24(28)29)4-6-16(15)30-10-18(23)26/h3-8H,9-10H2,1-2H3,(H,21,25). The first-order valence-electron chi connectivity index (χ1n) is 8.70. The van der Waals surface area contributed by atoms with Crippen LogP contribution in [0, 0.1) is 10.1 Å². The summed E-state index contributed by atoms with van der Waals surface area (Å²) in [7, 11) is 3.19. The van der Waals surface area contributed by atoms with Crippen LogP contribution in [0.15, 0.2) is 36.4 Å². The lowest BCUT2D eigenvalue weighted by Gasteiger charge is -2.28. The minimum atomic E-state index is -0.601. The van der Waals surface area contributed by atoms with Gasteiger partial charge in [0.1, 0.15) is 12.3 Å². The maximum absolute atomic E-state index is 12.5. The summed E-state index contributed by atoms with van der Waals surface area (Å²) in [6, 6.07) is 8.24. The van der Waals surface area contributed by atoms with Crippen LogP contribution in [-0.4, -0.2) is 54.8 Å². The number of carbonyl (C=O) groups is 3. The molecule has 0 saturated carbocycles. The SMILES string of the molecule is CN(C)C(=O)c1ccc(NC(=O)CN2C(=O)COc3ccc([N+](=O)[O-])cc32)cc1Cl. The number of ether oxygens (including phenoxy) is 1. The first-order valence-corrected chi connectivity index (χ1v) is 9.08. The number of halogens is 1. The summed E-state index contributed by atoms with van der Waals surface area (Å²) in [5, 5.41) is 13.8. The number of hydrogen-bond donors (Lipinski definition) is 1. The van der Waals surface area contributed by atoms with E-state index >= 15 is 0 Å². The van der Waals surface area contributed by atoms with E-state index in [9.17, 15) is 24.5 Å². The fraction of sp³-hybridized carbons (Fsp3) is 0.211. The molecule has 1 aliphatic rings. The van der Waals surface area contributed by atoms with Crippen molar-refractivity contribution in [1.82, 2.24) is 4.90 Å². The average molecular weight is 433 g/mol. The number of anilines is 2. The van der Waals surface area contributed by atoms with Crippen LogP contribution in [0.5, 0.6) is 5.75 Å². The topological polar surface area (TPSA) is 122 Å². The molecule has 0 radical (unpaired) electrons. The number of nitrogens with zero attached hydrogens (tertiary/aromatic N) is 3. The second kappa shape index (κ2) is 8.37. The molecule has 3 rings (SSSR count). The van der Waals surface area contributed by atoms with Crippen molar-refractivity contribution in [3.8, 4) is 5.75 Å². The van der Waals surface area contributed by atoms with Crippen molar-refractivity contribution in [2.45, 2.75) is 0 Å². The molecule has 10 nitrogen and oxygen atoms in total.